The second-order valence-corrected chi connectivity index (χ2v) is 7.58. The van der Waals surface area contributed by atoms with Crippen LogP contribution < -0.4 is 0 Å². The molecule has 1 aliphatic rings. The monoisotopic (exact) mass is 326 g/mol. The van der Waals surface area contributed by atoms with Crippen molar-refractivity contribution in [2.45, 2.75) is 24.6 Å². The highest BCUT2D eigenvalue weighted by Gasteiger charge is 2.33. The van der Waals surface area contributed by atoms with Gasteiger partial charge in [-0.15, -0.1) is 22.9 Å². The molecule has 0 aliphatic heterocycles. The van der Waals surface area contributed by atoms with Crippen molar-refractivity contribution in [1.29, 1.82) is 0 Å². The third-order valence-corrected chi connectivity index (χ3v) is 5.58. The van der Waals surface area contributed by atoms with Crippen LogP contribution in [-0.4, -0.2) is 0 Å². The molecule has 2 atom stereocenters. The maximum atomic E-state index is 6.64. The van der Waals surface area contributed by atoms with Crippen molar-refractivity contribution in [3.05, 3.63) is 55.7 Å². The molecule has 0 nitrogen and oxygen atoms in total. The molecule has 0 saturated carbocycles. The highest BCUT2D eigenvalue weighted by atomic mass is 79.9. The first-order valence-electron chi connectivity index (χ1n) is 5.64. The van der Waals surface area contributed by atoms with Gasteiger partial charge >= 0.3 is 0 Å². The first kappa shape index (κ1) is 11.8. The van der Waals surface area contributed by atoms with E-state index >= 15 is 0 Å². The number of alkyl halides is 1. The average Bonchev–Trinajstić information content (AvgIpc) is 2.59. The molecular weight excluding hydrogens is 316 g/mol. The number of benzene rings is 1. The highest BCUT2D eigenvalue weighted by Crippen LogP contribution is 2.48. The van der Waals surface area contributed by atoms with Gasteiger partial charge in [0, 0.05) is 10.8 Å². The quantitative estimate of drug-likeness (QED) is 0.644. The van der Waals surface area contributed by atoms with Crippen molar-refractivity contribution >= 4 is 38.9 Å². The summed E-state index contributed by atoms with van der Waals surface area (Å²) in [5.41, 5.74) is 4.16. The summed E-state index contributed by atoms with van der Waals surface area (Å²) in [4.78, 5) is 1.32. The molecule has 0 N–H and O–H groups in total. The number of thiophene rings is 1. The van der Waals surface area contributed by atoms with E-state index in [1.807, 2.05) is 0 Å². The van der Waals surface area contributed by atoms with E-state index in [1.165, 1.54) is 25.4 Å². The summed E-state index contributed by atoms with van der Waals surface area (Å²) in [7, 11) is 0. The lowest BCUT2D eigenvalue weighted by Crippen LogP contribution is -2.21. The normalized spacial score (nSPS) is 19.6. The molecule has 0 radical (unpaired) electrons. The fraction of sp³-hybridized carbons (Fsp3) is 0.286. The van der Waals surface area contributed by atoms with Crippen LogP contribution in [0.2, 0.25) is 0 Å². The standard InChI is InChI=1S/C14H12BrClS/c1-8-11(7-13(15)17-8)14(16)12-6-9-4-2-3-5-10(9)12/h2-5,7,12,14H,6H2,1H3. The van der Waals surface area contributed by atoms with Crippen molar-refractivity contribution in [2.75, 3.05) is 0 Å². The molecule has 88 valence electrons. The van der Waals surface area contributed by atoms with E-state index in [0.29, 0.717) is 5.92 Å². The summed E-state index contributed by atoms with van der Waals surface area (Å²) < 4.78 is 1.17. The molecule has 1 aromatic heterocycles. The zero-order valence-electron chi connectivity index (χ0n) is 9.41. The second-order valence-electron chi connectivity index (χ2n) is 4.47. The maximum absolute atomic E-state index is 6.64. The van der Waals surface area contributed by atoms with Gasteiger partial charge in [-0.25, -0.2) is 0 Å². The van der Waals surface area contributed by atoms with Crippen LogP contribution in [-0.2, 0) is 6.42 Å². The van der Waals surface area contributed by atoms with E-state index < -0.39 is 0 Å². The summed E-state index contributed by atoms with van der Waals surface area (Å²) >= 11 is 11.9. The van der Waals surface area contributed by atoms with E-state index in [1.54, 1.807) is 11.3 Å². The molecule has 2 unspecified atom stereocenters. The third kappa shape index (κ3) is 1.96. The van der Waals surface area contributed by atoms with Crippen LogP contribution in [0, 0.1) is 6.92 Å². The van der Waals surface area contributed by atoms with Crippen molar-refractivity contribution in [3.8, 4) is 0 Å². The molecule has 2 aromatic rings. The van der Waals surface area contributed by atoms with Gasteiger partial charge in [-0.05, 0) is 52.0 Å². The summed E-state index contributed by atoms with van der Waals surface area (Å²) in [6.07, 6.45) is 1.11. The summed E-state index contributed by atoms with van der Waals surface area (Å²) in [5.74, 6) is 0.480. The molecular formula is C14H12BrClS. The lowest BCUT2D eigenvalue weighted by Gasteiger charge is -2.33. The number of rotatable bonds is 2. The molecule has 0 bridgehead atoms. The molecule has 17 heavy (non-hydrogen) atoms. The Hall–Kier alpha value is -0.310. The molecule has 3 rings (SSSR count). The Labute approximate surface area is 119 Å². The molecule has 0 fully saturated rings. The zero-order valence-corrected chi connectivity index (χ0v) is 12.6. The van der Waals surface area contributed by atoms with Gasteiger partial charge in [0.2, 0.25) is 0 Å². The van der Waals surface area contributed by atoms with Gasteiger partial charge in [0.25, 0.3) is 0 Å². The van der Waals surface area contributed by atoms with Gasteiger partial charge in [-0.1, -0.05) is 24.3 Å². The van der Waals surface area contributed by atoms with Gasteiger partial charge in [0.15, 0.2) is 0 Å². The molecule has 1 heterocycles. The van der Waals surface area contributed by atoms with Crippen molar-refractivity contribution in [3.63, 3.8) is 0 Å². The second kappa shape index (κ2) is 4.42. The Balaban J connectivity index is 1.91. The largest absolute Gasteiger partial charge is 0.133 e. The molecule has 1 aliphatic carbocycles. The van der Waals surface area contributed by atoms with Crippen molar-refractivity contribution in [1.82, 2.24) is 0 Å². The molecule has 0 amide bonds. The molecule has 1 aromatic carbocycles. The Morgan fingerprint density at radius 1 is 1.41 bits per heavy atom. The number of aryl methyl sites for hydroxylation is 1. The minimum absolute atomic E-state index is 0.104. The van der Waals surface area contributed by atoms with Crippen LogP contribution in [0.25, 0.3) is 0 Å². The zero-order chi connectivity index (χ0) is 12.0. The van der Waals surface area contributed by atoms with E-state index in [9.17, 15) is 0 Å². The van der Waals surface area contributed by atoms with E-state index in [4.69, 9.17) is 11.6 Å². The number of halogens is 2. The lowest BCUT2D eigenvalue weighted by atomic mass is 9.74. The van der Waals surface area contributed by atoms with E-state index in [0.717, 1.165) is 6.42 Å². The maximum Gasteiger partial charge on any atom is 0.0704 e. The first-order valence-corrected chi connectivity index (χ1v) is 7.69. The van der Waals surface area contributed by atoms with Gasteiger partial charge in [0.05, 0.1) is 9.16 Å². The van der Waals surface area contributed by atoms with Crippen LogP contribution in [0.4, 0.5) is 0 Å². The first-order chi connectivity index (χ1) is 8.16. The molecule has 0 saturated heterocycles. The van der Waals surface area contributed by atoms with Crippen molar-refractivity contribution in [2.24, 2.45) is 0 Å². The predicted molar refractivity (Wildman–Crippen MR) is 78.2 cm³/mol. The molecule has 0 spiro atoms. The van der Waals surface area contributed by atoms with Gasteiger partial charge in [-0.3, -0.25) is 0 Å². The fourth-order valence-electron chi connectivity index (χ4n) is 2.51. The lowest BCUT2D eigenvalue weighted by molar-refractivity contribution is 0.587. The van der Waals surface area contributed by atoms with Gasteiger partial charge < -0.3 is 0 Å². The highest BCUT2D eigenvalue weighted by molar-refractivity contribution is 9.11. The van der Waals surface area contributed by atoms with Crippen LogP contribution in [0.5, 0.6) is 0 Å². The number of hydrogen-bond donors (Lipinski definition) is 0. The number of fused-ring (bicyclic) bond motifs is 1. The Morgan fingerprint density at radius 3 is 2.82 bits per heavy atom. The van der Waals surface area contributed by atoms with E-state index in [-0.39, 0.29) is 5.38 Å². The van der Waals surface area contributed by atoms with Gasteiger partial charge in [0.1, 0.15) is 0 Å². The predicted octanol–water partition coefficient (Wildman–Crippen LogP) is 5.44. The fourth-order valence-corrected chi connectivity index (χ4v) is 4.78. The Morgan fingerprint density at radius 2 is 2.18 bits per heavy atom. The third-order valence-electron chi connectivity index (χ3n) is 3.47. The average molecular weight is 328 g/mol. The Bertz CT molecular complexity index is 561. The summed E-state index contributed by atoms with van der Waals surface area (Å²) in [5, 5.41) is 0.104. The van der Waals surface area contributed by atoms with Gasteiger partial charge in [-0.2, -0.15) is 0 Å². The summed E-state index contributed by atoms with van der Waals surface area (Å²) in [6.45, 7) is 2.14. The van der Waals surface area contributed by atoms with Crippen LogP contribution >= 0.6 is 38.9 Å². The van der Waals surface area contributed by atoms with E-state index in [2.05, 4.69) is 53.2 Å². The van der Waals surface area contributed by atoms with Crippen molar-refractivity contribution < 1.29 is 0 Å². The SMILES string of the molecule is Cc1sc(Br)cc1C(Cl)C1Cc2ccccc21. The van der Waals surface area contributed by atoms with Crippen LogP contribution in [0.15, 0.2) is 34.1 Å². The smallest absolute Gasteiger partial charge is 0.0704 e. The Kier molecular flexibility index (Phi) is 3.06. The summed E-state index contributed by atoms with van der Waals surface area (Å²) in [6, 6.07) is 10.8. The van der Waals surface area contributed by atoms with Crippen LogP contribution in [0.3, 0.4) is 0 Å². The van der Waals surface area contributed by atoms with Crippen LogP contribution in [0.1, 0.15) is 32.9 Å². The molecule has 3 heteroatoms. The minimum Gasteiger partial charge on any atom is -0.133 e. The topological polar surface area (TPSA) is 0 Å². The minimum atomic E-state index is 0.104. The number of hydrogen-bond acceptors (Lipinski definition) is 1.